The number of rotatable bonds is 3. The van der Waals surface area contributed by atoms with E-state index in [-0.39, 0.29) is 6.04 Å². The van der Waals surface area contributed by atoms with E-state index >= 15 is 0 Å². The molecule has 0 spiro atoms. The SMILES string of the molecule is NC(Cc1cc2cccc(Cl)c2o1)c1ccccc1. The lowest BCUT2D eigenvalue weighted by molar-refractivity contribution is 0.521. The van der Waals surface area contributed by atoms with Gasteiger partial charge in [-0.25, -0.2) is 0 Å². The van der Waals surface area contributed by atoms with Crippen LogP contribution in [-0.4, -0.2) is 0 Å². The Morgan fingerprint density at radius 2 is 1.84 bits per heavy atom. The molecule has 0 saturated carbocycles. The molecule has 0 aliphatic heterocycles. The summed E-state index contributed by atoms with van der Waals surface area (Å²) >= 11 is 6.10. The Balaban J connectivity index is 1.88. The summed E-state index contributed by atoms with van der Waals surface area (Å²) < 4.78 is 5.78. The molecule has 3 heteroatoms. The first-order valence-electron chi connectivity index (χ1n) is 6.21. The molecule has 3 aromatic rings. The summed E-state index contributed by atoms with van der Waals surface area (Å²) in [4.78, 5) is 0. The zero-order chi connectivity index (χ0) is 13.2. The number of halogens is 1. The molecule has 1 unspecified atom stereocenters. The van der Waals surface area contributed by atoms with Gasteiger partial charge in [0.05, 0.1) is 5.02 Å². The molecule has 0 aliphatic carbocycles. The van der Waals surface area contributed by atoms with Crippen molar-refractivity contribution < 1.29 is 4.42 Å². The molecule has 1 heterocycles. The first-order valence-corrected chi connectivity index (χ1v) is 6.59. The van der Waals surface area contributed by atoms with Gasteiger partial charge in [0.2, 0.25) is 0 Å². The van der Waals surface area contributed by atoms with E-state index in [1.165, 1.54) is 0 Å². The Morgan fingerprint density at radius 3 is 2.58 bits per heavy atom. The molecule has 0 bridgehead atoms. The molecule has 3 rings (SSSR count). The van der Waals surface area contributed by atoms with Crippen LogP contribution >= 0.6 is 11.6 Å². The zero-order valence-corrected chi connectivity index (χ0v) is 11.1. The summed E-state index contributed by atoms with van der Waals surface area (Å²) in [6.07, 6.45) is 0.662. The smallest absolute Gasteiger partial charge is 0.152 e. The number of para-hydroxylation sites is 1. The largest absolute Gasteiger partial charge is 0.459 e. The summed E-state index contributed by atoms with van der Waals surface area (Å²) in [6, 6.07) is 17.7. The van der Waals surface area contributed by atoms with E-state index in [2.05, 4.69) is 0 Å². The van der Waals surface area contributed by atoms with Crippen molar-refractivity contribution in [2.24, 2.45) is 5.73 Å². The summed E-state index contributed by atoms with van der Waals surface area (Å²) in [5, 5.41) is 1.65. The molecule has 19 heavy (non-hydrogen) atoms. The third-order valence-corrected chi connectivity index (χ3v) is 3.49. The van der Waals surface area contributed by atoms with E-state index in [4.69, 9.17) is 21.8 Å². The Morgan fingerprint density at radius 1 is 1.05 bits per heavy atom. The van der Waals surface area contributed by atoms with Crippen LogP contribution in [0.25, 0.3) is 11.0 Å². The lowest BCUT2D eigenvalue weighted by atomic mass is 10.0. The minimum atomic E-state index is -0.0689. The maximum atomic E-state index is 6.19. The van der Waals surface area contributed by atoms with Gasteiger partial charge in [-0.1, -0.05) is 54.1 Å². The molecule has 2 nitrogen and oxygen atoms in total. The number of fused-ring (bicyclic) bond motifs is 1. The lowest BCUT2D eigenvalue weighted by Crippen LogP contribution is -2.12. The summed E-state index contributed by atoms with van der Waals surface area (Å²) in [5.41, 5.74) is 8.04. The van der Waals surface area contributed by atoms with Crippen LogP contribution < -0.4 is 5.73 Å². The molecule has 2 aromatic carbocycles. The Bertz CT molecular complexity index is 690. The van der Waals surface area contributed by atoms with Gasteiger partial charge in [-0.05, 0) is 17.7 Å². The van der Waals surface area contributed by atoms with Gasteiger partial charge in [0.15, 0.2) is 5.58 Å². The molecule has 2 N–H and O–H groups in total. The lowest BCUT2D eigenvalue weighted by Gasteiger charge is -2.09. The van der Waals surface area contributed by atoms with Crippen molar-refractivity contribution in [2.75, 3.05) is 0 Å². The first kappa shape index (κ1) is 12.3. The molecular formula is C16H14ClNO. The van der Waals surface area contributed by atoms with Crippen LogP contribution in [0.4, 0.5) is 0 Å². The number of furan rings is 1. The predicted molar refractivity (Wildman–Crippen MR) is 78.3 cm³/mol. The Kier molecular flexibility index (Phi) is 3.28. The molecule has 0 aliphatic rings. The molecule has 1 atom stereocenters. The zero-order valence-electron chi connectivity index (χ0n) is 10.3. The standard InChI is InChI=1S/C16H14ClNO/c17-14-8-4-7-12-9-13(19-16(12)14)10-15(18)11-5-2-1-3-6-11/h1-9,15H,10,18H2. The number of hydrogen-bond acceptors (Lipinski definition) is 2. The van der Waals surface area contributed by atoms with Crippen molar-refractivity contribution in [1.29, 1.82) is 0 Å². The number of benzene rings is 2. The second-order valence-electron chi connectivity index (χ2n) is 4.59. The third-order valence-electron chi connectivity index (χ3n) is 3.20. The molecule has 0 fully saturated rings. The molecule has 0 saturated heterocycles. The van der Waals surface area contributed by atoms with Gasteiger partial charge in [0, 0.05) is 17.8 Å². The van der Waals surface area contributed by atoms with Crippen LogP contribution in [-0.2, 0) is 6.42 Å². The molecule has 0 amide bonds. The van der Waals surface area contributed by atoms with E-state index in [0.29, 0.717) is 11.4 Å². The van der Waals surface area contributed by atoms with Gasteiger partial charge in [0.1, 0.15) is 5.76 Å². The van der Waals surface area contributed by atoms with Crippen molar-refractivity contribution in [2.45, 2.75) is 12.5 Å². The highest BCUT2D eigenvalue weighted by molar-refractivity contribution is 6.34. The summed E-state index contributed by atoms with van der Waals surface area (Å²) in [5.74, 6) is 0.861. The van der Waals surface area contributed by atoms with Crippen LogP contribution in [0.5, 0.6) is 0 Å². The second-order valence-corrected chi connectivity index (χ2v) is 5.00. The highest BCUT2D eigenvalue weighted by atomic mass is 35.5. The first-order chi connectivity index (χ1) is 9.24. The van der Waals surface area contributed by atoms with Crippen LogP contribution in [0.1, 0.15) is 17.4 Å². The normalized spacial score (nSPS) is 12.7. The summed E-state index contributed by atoms with van der Waals surface area (Å²) in [6.45, 7) is 0. The topological polar surface area (TPSA) is 39.2 Å². The van der Waals surface area contributed by atoms with E-state index in [9.17, 15) is 0 Å². The average molecular weight is 272 g/mol. The highest BCUT2D eigenvalue weighted by Gasteiger charge is 2.12. The van der Waals surface area contributed by atoms with Crippen molar-refractivity contribution in [3.8, 4) is 0 Å². The molecule has 0 radical (unpaired) electrons. The van der Waals surface area contributed by atoms with Crippen LogP contribution in [0.2, 0.25) is 5.02 Å². The van der Waals surface area contributed by atoms with Gasteiger partial charge in [-0.3, -0.25) is 0 Å². The fraction of sp³-hybridized carbons (Fsp3) is 0.125. The monoisotopic (exact) mass is 271 g/mol. The quantitative estimate of drug-likeness (QED) is 0.770. The van der Waals surface area contributed by atoms with Crippen LogP contribution in [0.3, 0.4) is 0 Å². The third kappa shape index (κ3) is 2.50. The fourth-order valence-corrected chi connectivity index (χ4v) is 2.44. The van der Waals surface area contributed by atoms with Crippen molar-refractivity contribution in [3.63, 3.8) is 0 Å². The van der Waals surface area contributed by atoms with Crippen molar-refractivity contribution >= 4 is 22.6 Å². The van der Waals surface area contributed by atoms with Gasteiger partial charge >= 0.3 is 0 Å². The van der Waals surface area contributed by atoms with Crippen molar-refractivity contribution in [3.05, 3.63) is 70.9 Å². The maximum Gasteiger partial charge on any atom is 0.152 e. The van der Waals surface area contributed by atoms with Gasteiger partial charge in [-0.15, -0.1) is 0 Å². The number of nitrogens with two attached hydrogens (primary N) is 1. The van der Waals surface area contributed by atoms with E-state index in [1.807, 2.05) is 54.6 Å². The van der Waals surface area contributed by atoms with E-state index < -0.39 is 0 Å². The van der Waals surface area contributed by atoms with Crippen LogP contribution in [0, 0.1) is 0 Å². The van der Waals surface area contributed by atoms with Gasteiger partial charge in [-0.2, -0.15) is 0 Å². The predicted octanol–water partition coefficient (Wildman–Crippen LogP) is 4.33. The minimum Gasteiger partial charge on any atom is -0.459 e. The molecule has 1 aromatic heterocycles. The highest BCUT2D eigenvalue weighted by Crippen LogP contribution is 2.28. The second kappa shape index (κ2) is 5.08. The van der Waals surface area contributed by atoms with Crippen LogP contribution in [0.15, 0.2) is 59.0 Å². The van der Waals surface area contributed by atoms with E-state index in [1.54, 1.807) is 0 Å². The van der Waals surface area contributed by atoms with E-state index in [0.717, 1.165) is 22.3 Å². The Labute approximate surface area is 116 Å². The van der Waals surface area contributed by atoms with Gasteiger partial charge < -0.3 is 10.2 Å². The minimum absolute atomic E-state index is 0.0689. The van der Waals surface area contributed by atoms with Gasteiger partial charge in [0.25, 0.3) is 0 Å². The molecular weight excluding hydrogens is 258 g/mol. The molecule has 96 valence electrons. The summed E-state index contributed by atoms with van der Waals surface area (Å²) in [7, 11) is 0. The van der Waals surface area contributed by atoms with Crippen molar-refractivity contribution in [1.82, 2.24) is 0 Å². The fourth-order valence-electron chi connectivity index (χ4n) is 2.22. The average Bonchev–Trinajstić information content (AvgIpc) is 2.84. The number of hydrogen-bond donors (Lipinski definition) is 1. The Hall–Kier alpha value is -1.77. The maximum absolute atomic E-state index is 6.19.